The van der Waals surface area contributed by atoms with Gasteiger partial charge in [-0.05, 0) is 36.1 Å². The van der Waals surface area contributed by atoms with E-state index in [0.717, 1.165) is 5.56 Å². The molecular formula is C16H18N2O3. The summed E-state index contributed by atoms with van der Waals surface area (Å²) in [6.45, 7) is 6.27. The van der Waals surface area contributed by atoms with Crippen LogP contribution in [0.25, 0.3) is 0 Å². The van der Waals surface area contributed by atoms with E-state index in [0.29, 0.717) is 11.7 Å². The van der Waals surface area contributed by atoms with Gasteiger partial charge in [0.2, 0.25) is 5.88 Å². The molecule has 0 atom stereocenters. The molecule has 0 spiro atoms. The average molecular weight is 286 g/mol. The molecule has 21 heavy (non-hydrogen) atoms. The predicted octanol–water partition coefficient (Wildman–Crippen LogP) is 3.59. The van der Waals surface area contributed by atoms with E-state index in [1.165, 1.54) is 17.8 Å². The first-order valence-electron chi connectivity index (χ1n) is 6.65. The van der Waals surface area contributed by atoms with Crippen molar-refractivity contribution in [3.63, 3.8) is 0 Å². The Morgan fingerprint density at radius 1 is 1.33 bits per heavy atom. The van der Waals surface area contributed by atoms with E-state index in [1.54, 1.807) is 0 Å². The fourth-order valence-corrected chi connectivity index (χ4v) is 2.17. The molecule has 1 aromatic carbocycles. The van der Waals surface area contributed by atoms with Gasteiger partial charge >= 0.3 is 5.97 Å². The van der Waals surface area contributed by atoms with Crippen LogP contribution < -0.4 is 10.5 Å². The highest BCUT2D eigenvalue weighted by atomic mass is 16.5. The molecule has 0 saturated carbocycles. The summed E-state index contributed by atoms with van der Waals surface area (Å²) in [5.74, 6) is 0.155. The van der Waals surface area contributed by atoms with Gasteiger partial charge in [0.1, 0.15) is 5.75 Å². The van der Waals surface area contributed by atoms with Crippen molar-refractivity contribution in [2.24, 2.45) is 0 Å². The fraction of sp³-hybridized carbons (Fsp3) is 0.250. The molecule has 110 valence electrons. The molecule has 0 bridgehead atoms. The molecule has 0 saturated heterocycles. The van der Waals surface area contributed by atoms with Crippen LogP contribution in [0.2, 0.25) is 0 Å². The lowest BCUT2D eigenvalue weighted by atomic mass is 9.98. The SMILES string of the molecule is Cc1cc(Oc2cc(C(=O)O)c(N)cn2)ccc1C(C)C. The molecule has 3 N–H and O–H groups in total. The first-order chi connectivity index (χ1) is 9.88. The van der Waals surface area contributed by atoms with Crippen LogP contribution in [0.1, 0.15) is 41.3 Å². The zero-order chi connectivity index (χ0) is 15.6. The van der Waals surface area contributed by atoms with Gasteiger partial charge in [0.25, 0.3) is 0 Å². The van der Waals surface area contributed by atoms with E-state index in [2.05, 4.69) is 18.8 Å². The topological polar surface area (TPSA) is 85.4 Å². The van der Waals surface area contributed by atoms with Crippen LogP contribution >= 0.6 is 0 Å². The number of aryl methyl sites for hydroxylation is 1. The number of carbonyl (C=O) groups is 1. The number of carboxylic acid groups (broad SMARTS) is 1. The summed E-state index contributed by atoms with van der Waals surface area (Å²) < 4.78 is 5.61. The normalized spacial score (nSPS) is 10.7. The number of aromatic carboxylic acids is 1. The number of nitrogens with zero attached hydrogens (tertiary/aromatic N) is 1. The van der Waals surface area contributed by atoms with Crippen LogP contribution in [0.4, 0.5) is 5.69 Å². The van der Waals surface area contributed by atoms with Crippen molar-refractivity contribution < 1.29 is 14.6 Å². The van der Waals surface area contributed by atoms with Gasteiger partial charge in [-0.3, -0.25) is 0 Å². The van der Waals surface area contributed by atoms with E-state index >= 15 is 0 Å². The lowest BCUT2D eigenvalue weighted by Gasteiger charge is -2.12. The second-order valence-corrected chi connectivity index (χ2v) is 5.19. The third-order valence-corrected chi connectivity index (χ3v) is 3.23. The molecule has 0 aliphatic rings. The molecule has 5 nitrogen and oxygen atoms in total. The second-order valence-electron chi connectivity index (χ2n) is 5.19. The minimum Gasteiger partial charge on any atom is -0.478 e. The van der Waals surface area contributed by atoms with Crippen molar-refractivity contribution in [1.29, 1.82) is 0 Å². The molecule has 0 radical (unpaired) electrons. The fourth-order valence-electron chi connectivity index (χ4n) is 2.17. The number of rotatable bonds is 4. The van der Waals surface area contributed by atoms with E-state index in [4.69, 9.17) is 15.6 Å². The maximum atomic E-state index is 11.0. The molecular weight excluding hydrogens is 268 g/mol. The van der Waals surface area contributed by atoms with Crippen LogP contribution in [0.15, 0.2) is 30.5 Å². The van der Waals surface area contributed by atoms with Crippen molar-refractivity contribution in [1.82, 2.24) is 4.98 Å². The maximum absolute atomic E-state index is 11.0. The molecule has 0 amide bonds. The van der Waals surface area contributed by atoms with Gasteiger partial charge in [-0.25, -0.2) is 9.78 Å². The van der Waals surface area contributed by atoms with Gasteiger partial charge in [0.15, 0.2) is 0 Å². The number of pyridine rings is 1. The van der Waals surface area contributed by atoms with Gasteiger partial charge in [-0.2, -0.15) is 0 Å². The van der Waals surface area contributed by atoms with Gasteiger partial charge in [0, 0.05) is 6.07 Å². The Balaban J connectivity index is 2.28. The quantitative estimate of drug-likeness (QED) is 0.897. The molecule has 0 unspecified atom stereocenters. The van der Waals surface area contributed by atoms with Crippen LogP contribution in [0.3, 0.4) is 0 Å². The number of aromatic nitrogens is 1. The van der Waals surface area contributed by atoms with E-state index in [-0.39, 0.29) is 17.1 Å². The first kappa shape index (κ1) is 14.8. The van der Waals surface area contributed by atoms with Crippen molar-refractivity contribution in [2.45, 2.75) is 26.7 Å². The number of hydrogen-bond donors (Lipinski definition) is 2. The van der Waals surface area contributed by atoms with Gasteiger partial charge in [0.05, 0.1) is 17.4 Å². The number of ether oxygens (including phenoxy) is 1. The highest BCUT2D eigenvalue weighted by molar-refractivity contribution is 5.93. The largest absolute Gasteiger partial charge is 0.478 e. The van der Waals surface area contributed by atoms with Crippen molar-refractivity contribution >= 4 is 11.7 Å². The number of nitrogen functional groups attached to an aromatic ring is 1. The molecule has 0 aliphatic carbocycles. The first-order valence-corrected chi connectivity index (χ1v) is 6.65. The Hall–Kier alpha value is -2.56. The third-order valence-electron chi connectivity index (χ3n) is 3.23. The van der Waals surface area contributed by atoms with Crippen molar-refractivity contribution in [3.05, 3.63) is 47.2 Å². The minimum atomic E-state index is -1.11. The minimum absolute atomic E-state index is 0.0180. The second kappa shape index (κ2) is 5.83. The summed E-state index contributed by atoms with van der Waals surface area (Å²) in [6.07, 6.45) is 1.29. The summed E-state index contributed by atoms with van der Waals surface area (Å²) in [5, 5.41) is 9.03. The lowest BCUT2D eigenvalue weighted by Crippen LogP contribution is -2.03. The summed E-state index contributed by atoms with van der Waals surface area (Å²) in [5.41, 5.74) is 8.03. The van der Waals surface area contributed by atoms with Crippen LogP contribution in [-0.2, 0) is 0 Å². The zero-order valence-electron chi connectivity index (χ0n) is 12.3. The Labute approximate surface area is 123 Å². The predicted molar refractivity (Wildman–Crippen MR) is 81.0 cm³/mol. The summed E-state index contributed by atoms with van der Waals surface area (Å²) >= 11 is 0. The standard InChI is InChI=1S/C16H18N2O3/c1-9(2)12-5-4-11(6-10(12)3)21-15-7-13(16(19)20)14(17)8-18-15/h4-9H,17H2,1-3H3,(H,19,20). The average Bonchev–Trinajstić information content (AvgIpc) is 2.40. The number of benzene rings is 1. The van der Waals surface area contributed by atoms with E-state index < -0.39 is 5.97 Å². The smallest absolute Gasteiger partial charge is 0.338 e. The van der Waals surface area contributed by atoms with Crippen LogP contribution in [0, 0.1) is 6.92 Å². The van der Waals surface area contributed by atoms with Crippen molar-refractivity contribution in [2.75, 3.05) is 5.73 Å². The Bertz CT molecular complexity index is 681. The Morgan fingerprint density at radius 2 is 2.05 bits per heavy atom. The molecule has 0 fully saturated rings. The molecule has 5 heteroatoms. The highest BCUT2D eigenvalue weighted by Crippen LogP contribution is 2.27. The van der Waals surface area contributed by atoms with Crippen molar-refractivity contribution in [3.8, 4) is 11.6 Å². The lowest BCUT2D eigenvalue weighted by molar-refractivity contribution is 0.0697. The molecule has 1 aromatic heterocycles. The Kier molecular flexibility index (Phi) is 4.12. The number of nitrogens with two attached hydrogens (primary N) is 1. The third kappa shape index (κ3) is 3.31. The van der Waals surface area contributed by atoms with Gasteiger partial charge in [-0.15, -0.1) is 0 Å². The maximum Gasteiger partial charge on any atom is 0.338 e. The number of carboxylic acids is 1. The van der Waals surface area contributed by atoms with E-state index in [1.807, 2.05) is 25.1 Å². The Morgan fingerprint density at radius 3 is 2.62 bits per heavy atom. The monoisotopic (exact) mass is 286 g/mol. The summed E-state index contributed by atoms with van der Waals surface area (Å²) in [6, 6.07) is 7.09. The van der Waals surface area contributed by atoms with Crippen LogP contribution in [-0.4, -0.2) is 16.1 Å². The van der Waals surface area contributed by atoms with Gasteiger partial charge in [-0.1, -0.05) is 19.9 Å². The molecule has 1 heterocycles. The number of hydrogen-bond acceptors (Lipinski definition) is 4. The number of anilines is 1. The highest BCUT2D eigenvalue weighted by Gasteiger charge is 2.11. The zero-order valence-corrected chi connectivity index (χ0v) is 12.3. The molecule has 2 aromatic rings. The van der Waals surface area contributed by atoms with Crippen LogP contribution in [0.5, 0.6) is 11.6 Å². The molecule has 2 rings (SSSR count). The summed E-state index contributed by atoms with van der Waals surface area (Å²) in [7, 11) is 0. The van der Waals surface area contributed by atoms with E-state index in [9.17, 15) is 4.79 Å². The molecule has 0 aliphatic heterocycles. The van der Waals surface area contributed by atoms with Gasteiger partial charge < -0.3 is 15.6 Å². The summed E-state index contributed by atoms with van der Waals surface area (Å²) in [4.78, 5) is 15.0.